The summed E-state index contributed by atoms with van der Waals surface area (Å²) in [4.78, 5) is 32.3. The lowest BCUT2D eigenvalue weighted by molar-refractivity contribution is 0.0163. The highest BCUT2D eigenvalue weighted by Crippen LogP contribution is 2.23. The molecule has 27 heavy (non-hydrogen) atoms. The third-order valence-corrected chi connectivity index (χ3v) is 5.51. The zero-order valence-electron chi connectivity index (χ0n) is 17.4. The average Bonchev–Trinajstić information content (AvgIpc) is 3.15. The first-order valence-electron chi connectivity index (χ1n) is 10.2. The van der Waals surface area contributed by atoms with Gasteiger partial charge in [-0.15, -0.1) is 0 Å². The Hall–Kier alpha value is -1.54. The first kappa shape index (κ1) is 21.8. The molecule has 0 aromatic carbocycles. The molecule has 2 fully saturated rings. The number of hydrogen-bond acceptors (Lipinski definition) is 4. The molecule has 8 heteroatoms. The van der Waals surface area contributed by atoms with Crippen LogP contribution in [0.15, 0.2) is 0 Å². The Kier molecular flexibility index (Phi) is 8.63. The first-order valence-corrected chi connectivity index (χ1v) is 10.2. The van der Waals surface area contributed by atoms with Crippen molar-refractivity contribution >= 4 is 12.1 Å². The smallest absolute Gasteiger partial charge is 0.319 e. The van der Waals surface area contributed by atoms with Crippen LogP contribution in [-0.4, -0.2) is 111 Å². The Bertz CT molecular complexity index is 482. The van der Waals surface area contributed by atoms with Crippen molar-refractivity contribution in [3.63, 3.8) is 0 Å². The van der Waals surface area contributed by atoms with Crippen LogP contribution >= 0.6 is 0 Å². The van der Waals surface area contributed by atoms with Crippen molar-refractivity contribution in [3.8, 4) is 0 Å². The molecule has 2 rings (SSSR count). The van der Waals surface area contributed by atoms with Crippen molar-refractivity contribution in [2.24, 2.45) is 0 Å². The molecule has 0 radical (unpaired) electrons. The lowest BCUT2D eigenvalue weighted by atomic mass is 10.0. The summed E-state index contributed by atoms with van der Waals surface area (Å²) in [6, 6.07) is 0.884. The Morgan fingerprint density at radius 1 is 1.07 bits per heavy atom. The van der Waals surface area contributed by atoms with Gasteiger partial charge in [0.05, 0.1) is 0 Å². The molecule has 1 N–H and O–H groups in total. The maximum absolute atomic E-state index is 12.3. The third-order valence-electron chi connectivity index (χ3n) is 5.51. The fraction of sp³-hybridized carbons (Fsp3) is 0.895. The second-order valence-electron chi connectivity index (χ2n) is 7.80. The van der Waals surface area contributed by atoms with E-state index in [1.165, 1.54) is 0 Å². The number of likely N-dealkylation sites (tertiary alicyclic amines) is 1. The molecule has 0 saturated carbocycles. The highest BCUT2D eigenvalue weighted by molar-refractivity contribution is 5.74. The first-order chi connectivity index (χ1) is 12.9. The molecular weight excluding hydrogens is 346 g/mol. The molecule has 0 bridgehead atoms. The van der Waals surface area contributed by atoms with Crippen molar-refractivity contribution in [2.45, 2.75) is 44.7 Å². The number of carbonyl (C=O) groups excluding carboxylic acids is 2. The van der Waals surface area contributed by atoms with Gasteiger partial charge in [-0.2, -0.15) is 0 Å². The molecule has 0 aliphatic carbocycles. The van der Waals surface area contributed by atoms with Gasteiger partial charge in [0.2, 0.25) is 0 Å². The predicted octanol–water partition coefficient (Wildman–Crippen LogP) is 1.27. The number of nitrogens with zero attached hydrogens (tertiary/aromatic N) is 4. The van der Waals surface area contributed by atoms with Crippen molar-refractivity contribution < 1.29 is 14.3 Å². The highest BCUT2D eigenvalue weighted by Gasteiger charge is 2.35. The van der Waals surface area contributed by atoms with Gasteiger partial charge in [0, 0.05) is 79.2 Å². The minimum atomic E-state index is -0.0142. The number of urea groups is 2. The molecule has 2 aliphatic rings. The van der Waals surface area contributed by atoms with Crippen molar-refractivity contribution in [1.82, 2.24) is 24.9 Å². The van der Waals surface area contributed by atoms with Gasteiger partial charge in [-0.3, -0.25) is 4.90 Å². The van der Waals surface area contributed by atoms with Gasteiger partial charge in [0.25, 0.3) is 0 Å². The molecule has 2 aliphatic heterocycles. The van der Waals surface area contributed by atoms with Crippen molar-refractivity contribution in [2.75, 3.05) is 67.1 Å². The van der Waals surface area contributed by atoms with Crippen LogP contribution in [0, 0.1) is 0 Å². The molecule has 0 aromatic rings. The van der Waals surface area contributed by atoms with Gasteiger partial charge in [-0.25, -0.2) is 9.59 Å². The van der Waals surface area contributed by atoms with Crippen LogP contribution in [0.5, 0.6) is 0 Å². The van der Waals surface area contributed by atoms with Crippen LogP contribution < -0.4 is 5.32 Å². The third kappa shape index (κ3) is 6.24. The van der Waals surface area contributed by atoms with E-state index < -0.39 is 0 Å². The Labute approximate surface area is 163 Å². The van der Waals surface area contributed by atoms with Gasteiger partial charge in [0.15, 0.2) is 0 Å². The van der Waals surface area contributed by atoms with E-state index in [0.717, 1.165) is 58.5 Å². The van der Waals surface area contributed by atoms with E-state index in [-0.39, 0.29) is 12.1 Å². The van der Waals surface area contributed by atoms with E-state index in [4.69, 9.17) is 4.74 Å². The summed E-state index contributed by atoms with van der Waals surface area (Å²) in [5, 5.41) is 2.93. The van der Waals surface area contributed by atoms with Gasteiger partial charge in [-0.1, -0.05) is 6.92 Å². The fourth-order valence-corrected chi connectivity index (χ4v) is 3.88. The lowest BCUT2D eigenvalue weighted by Crippen LogP contribution is -2.51. The summed E-state index contributed by atoms with van der Waals surface area (Å²) in [6.07, 6.45) is 3.96. The molecule has 0 aromatic heterocycles. The van der Waals surface area contributed by atoms with Crippen LogP contribution in [-0.2, 0) is 4.74 Å². The Morgan fingerprint density at radius 2 is 1.78 bits per heavy atom. The van der Waals surface area contributed by atoms with Gasteiger partial charge < -0.3 is 24.8 Å². The van der Waals surface area contributed by atoms with Gasteiger partial charge >= 0.3 is 12.1 Å². The number of rotatable bonds is 7. The molecule has 8 nitrogen and oxygen atoms in total. The second kappa shape index (κ2) is 10.7. The number of carbonyl (C=O) groups is 2. The summed E-state index contributed by atoms with van der Waals surface area (Å²) >= 11 is 0. The summed E-state index contributed by atoms with van der Waals surface area (Å²) in [6.45, 7) is 7.42. The maximum Gasteiger partial charge on any atom is 0.319 e. The average molecular weight is 384 g/mol. The van der Waals surface area contributed by atoms with E-state index >= 15 is 0 Å². The highest BCUT2D eigenvalue weighted by atomic mass is 16.5. The van der Waals surface area contributed by atoms with Gasteiger partial charge in [-0.05, 0) is 25.7 Å². The number of hydrogen-bond donors (Lipinski definition) is 1. The minimum Gasteiger partial charge on any atom is -0.381 e. The van der Waals surface area contributed by atoms with E-state index in [1.54, 1.807) is 23.9 Å². The molecular formula is C19H37N5O3. The van der Waals surface area contributed by atoms with E-state index in [1.807, 2.05) is 18.9 Å². The topological polar surface area (TPSA) is 68.4 Å². The van der Waals surface area contributed by atoms with Crippen LogP contribution in [0.1, 0.15) is 32.6 Å². The summed E-state index contributed by atoms with van der Waals surface area (Å²) < 4.78 is 5.54. The quantitative estimate of drug-likeness (QED) is 0.719. The second-order valence-corrected chi connectivity index (χ2v) is 7.80. The monoisotopic (exact) mass is 383 g/mol. The molecule has 1 atom stereocenters. The van der Waals surface area contributed by atoms with E-state index in [2.05, 4.69) is 10.2 Å². The normalized spacial score (nSPS) is 20.8. The summed E-state index contributed by atoms with van der Waals surface area (Å²) in [7, 11) is 5.45. The molecule has 2 saturated heterocycles. The molecule has 156 valence electrons. The van der Waals surface area contributed by atoms with Crippen LogP contribution in [0.4, 0.5) is 9.59 Å². The molecule has 2 heterocycles. The van der Waals surface area contributed by atoms with Crippen molar-refractivity contribution in [1.29, 1.82) is 0 Å². The molecule has 0 spiro atoms. The SMILES string of the molecule is CCCNC(=O)N(C)CCN(C1CCOCC1)C1CCN(C(=O)N(C)C)C1. The fourth-order valence-electron chi connectivity index (χ4n) is 3.88. The zero-order valence-corrected chi connectivity index (χ0v) is 17.4. The summed E-state index contributed by atoms with van der Waals surface area (Å²) in [5.74, 6) is 0. The van der Waals surface area contributed by atoms with Crippen LogP contribution in [0.2, 0.25) is 0 Å². The maximum atomic E-state index is 12.3. The Balaban J connectivity index is 1.95. The van der Waals surface area contributed by atoms with Crippen molar-refractivity contribution in [3.05, 3.63) is 0 Å². The number of ether oxygens (including phenoxy) is 1. The zero-order chi connectivity index (χ0) is 19.8. The van der Waals surface area contributed by atoms with Gasteiger partial charge in [0.1, 0.15) is 0 Å². The Morgan fingerprint density at radius 3 is 2.41 bits per heavy atom. The van der Waals surface area contributed by atoms with E-state index in [9.17, 15) is 9.59 Å². The predicted molar refractivity (Wildman–Crippen MR) is 106 cm³/mol. The van der Waals surface area contributed by atoms with Crippen LogP contribution in [0.25, 0.3) is 0 Å². The standard InChI is InChI=1S/C19H37N5O3/c1-5-9-20-18(25)22(4)11-12-24(16-7-13-27-14-8-16)17-6-10-23(15-17)19(26)21(2)3/h16-17H,5-15H2,1-4H3,(H,20,25). The largest absolute Gasteiger partial charge is 0.381 e. The summed E-state index contributed by atoms with van der Waals surface area (Å²) in [5.41, 5.74) is 0. The number of amides is 4. The molecule has 1 unspecified atom stereocenters. The lowest BCUT2D eigenvalue weighted by Gasteiger charge is -2.39. The number of nitrogens with one attached hydrogen (secondary N) is 1. The minimum absolute atomic E-state index is 0.0142. The molecule has 4 amide bonds. The van der Waals surface area contributed by atoms with Crippen LogP contribution in [0.3, 0.4) is 0 Å². The number of likely N-dealkylation sites (N-methyl/N-ethyl adjacent to an activating group) is 1. The van der Waals surface area contributed by atoms with E-state index in [0.29, 0.717) is 25.2 Å².